The topological polar surface area (TPSA) is 0 Å². The molecule has 192 valence electrons. The van der Waals surface area contributed by atoms with E-state index < -0.39 is 0 Å². The summed E-state index contributed by atoms with van der Waals surface area (Å²) in [6, 6.07) is 22.7. The molecule has 2 aromatic rings. The lowest BCUT2D eigenvalue weighted by Gasteiger charge is -2.38. The minimum absolute atomic E-state index is 0. The van der Waals surface area contributed by atoms with Gasteiger partial charge in [-0.05, 0) is 49.9 Å². The summed E-state index contributed by atoms with van der Waals surface area (Å²) < 4.78 is 1.02. The Hall–Kier alpha value is -0.870. The molecule has 0 N–H and O–H groups in total. The van der Waals surface area contributed by atoms with Gasteiger partial charge in [-0.25, -0.2) is 0 Å². The van der Waals surface area contributed by atoms with Crippen molar-refractivity contribution in [1.82, 2.24) is 4.48 Å². The summed E-state index contributed by atoms with van der Waals surface area (Å²) >= 11 is 0. The van der Waals surface area contributed by atoms with Gasteiger partial charge >= 0.3 is 0 Å². The number of rotatable bonds is 20. The Bertz CT molecular complexity index is 623. The van der Waals surface area contributed by atoms with Crippen LogP contribution in [0.15, 0.2) is 60.7 Å². The van der Waals surface area contributed by atoms with Crippen molar-refractivity contribution in [1.29, 1.82) is 0 Å². The summed E-state index contributed by atoms with van der Waals surface area (Å²) in [5.74, 6) is 0. The summed E-state index contributed by atoms with van der Waals surface area (Å²) in [6.45, 7) is 7.05. The Morgan fingerprint density at radius 3 is 1.03 bits per heavy atom. The molecule has 2 heteroatoms. The first-order valence-corrected chi connectivity index (χ1v) is 14.3. The zero-order chi connectivity index (χ0) is 23.5. The summed E-state index contributed by atoms with van der Waals surface area (Å²) in [5, 5.41) is 0. The molecule has 0 unspecified atom stereocenters. The van der Waals surface area contributed by atoms with Crippen LogP contribution in [0.4, 0.5) is 11.4 Å². The van der Waals surface area contributed by atoms with E-state index in [1.165, 1.54) is 127 Å². The van der Waals surface area contributed by atoms with Gasteiger partial charge in [0.25, 0.3) is 0 Å². The standard InChI is InChI=1S/C32H52N.HI/c1-3-5-7-9-11-13-15-23-29-33(31-25-19-17-20-26-31,32-27-21-18-22-28-32)30-24-16-14-12-10-8-6-4-2;/h17-22,25-28H,3-16,23-24,29-30H2,1-2H3;1H/q+1;/p-1. The molecule has 0 saturated heterocycles. The number of halogens is 1. The largest absolute Gasteiger partial charge is 1.00 e. The molecule has 0 spiro atoms. The Balaban J connectivity index is 0.00000578. The first-order valence-electron chi connectivity index (χ1n) is 14.3. The molecule has 0 radical (unpaired) electrons. The van der Waals surface area contributed by atoms with E-state index >= 15 is 0 Å². The average molecular weight is 578 g/mol. The van der Waals surface area contributed by atoms with Crippen molar-refractivity contribution in [2.24, 2.45) is 0 Å². The third kappa shape index (κ3) is 11.7. The van der Waals surface area contributed by atoms with Crippen LogP contribution in [0, 0.1) is 0 Å². The maximum absolute atomic E-state index is 2.36. The zero-order valence-corrected chi connectivity index (χ0v) is 24.5. The number of hydrogen-bond acceptors (Lipinski definition) is 0. The van der Waals surface area contributed by atoms with Gasteiger partial charge in [-0.3, -0.25) is 4.48 Å². The van der Waals surface area contributed by atoms with E-state index in [4.69, 9.17) is 0 Å². The van der Waals surface area contributed by atoms with Crippen molar-refractivity contribution >= 4 is 11.4 Å². The van der Waals surface area contributed by atoms with Crippen LogP contribution in [0.1, 0.15) is 117 Å². The predicted molar refractivity (Wildman–Crippen MR) is 149 cm³/mol. The van der Waals surface area contributed by atoms with E-state index in [0.717, 1.165) is 4.48 Å². The van der Waals surface area contributed by atoms with E-state index in [1.54, 1.807) is 0 Å². The zero-order valence-electron chi connectivity index (χ0n) is 22.3. The smallest absolute Gasteiger partial charge is 0.137 e. The van der Waals surface area contributed by atoms with E-state index in [9.17, 15) is 0 Å². The molecule has 0 fully saturated rings. The van der Waals surface area contributed by atoms with E-state index in [2.05, 4.69) is 74.5 Å². The molecule has 0 bridgehead atoms. The highest BCUT2D eigenvalue weighted by atomic mass is 127. The molecule has 0 heterocycles. The predicted octanol–water partition coefficient (Wildman–Crippen LogP) is 7.61. The minimum atomic E-state index is 0. The fraction of sp³-hybridized carbons (Fsp3) is 0.625. The average Bonchev–Trinajstić information content (AvgIpc) is 2.87. The summed E-state index contributed by atoms with van der Waals surface area (Å²) in [5.41, 5.74) is 2.93. The lowest BCUT2D eigenvalue weighted by molar-refractivity contribution is -0.00000702. The highest BCUT2D eigenvalue weighted by Gasteiger charge is 2.32. The third-order valence-electron chi connectivity index (χ3n) is 7.29. The molecule has 2 rings (SSSR count). The van der Waals surface area contributed by atoms with Gasteiger partial charge in [0.1, 0.15) is 11.4 Å². The van der Waals surface area contributed by atoms with Crippen LogP contribution in [0.2, 0.25) is 0 Å². The van der Waals surface area contributed by atoms with E-state index in [-0.39, 0.29) is 24.0 Å². The fourth-order valence-corrected chi connectivity index (χ4v) is 5.24. The molecule has 34 heavy (non-hydrogen) atoms. The van der Waals surface area contributed by atoms with Gasteiger partial charge in [-0.2, -0.15) is 0 Å². The summed E-state index contributed by atoms with van der Waals surface area (Å²) in [6.07, 6.45) is 22.1. The Kier molecular flexibility index (Phi) is 18.6. The lowest BCUT2D eigenvalue weighted by Crippen LogP contribution is -3.00. The van der Waals surface area contributed by atoms with Crippen LogP contribution in [0.5, 0.6) is 0 Å². The molecule has 1 nitrogen and oxygen atoms in total. The molecule has 0 aliphatic heterocycles. The van der Waals surface area contributed by atoms with Crippen molar-refractivity contribution < 1.29 is 24.0 Å². The number of benzene rings is 2. The molecular weight excluding hydrogens is 525 g/mol. The number of unbranched alkanes of at least 4 members (excludes halogenated alkanes) is 14. The SMILES string of the molecule is CCCCCCCCCC[N+](CCCCCCCCCC)(c1ccccc1)c1ccccc1.[I-]. The Morgan fingerprint density at radius 2 is 0.706 bits per heavy atom. The Morgan fingerprint density at radius 1 is 0.412 bits per heavy atom. The van der Waals surface area contributed by atoms with Gasteiger partial charge in [0, 0.05) is 0 Å². The summed E-state index contributed by atoms with van der Waals surface area (Å²) in [7, 11) is 0. The quantitative estimate of drug-likeness (QED) is 0.0863. The normalized spacial score (nSPS) is 11.4. The lowest BCUT2D eigenvalue weighted by atomic mass is 10.0. The van der Waals surface area contributed by atoms with Crippen LogP contribution in [-0.2, 0) is 0 Å². The maximum atomic E-state index is 2.36. The molecule has 0 saturated carbocycles. The second-order valence-corrected chi connectivity index (χ2v) is 10.0. The minimum Gasteiger partial charge on any atom is -1.00 e. The van der Waals surface area contributed by atoms with Gasteiger partial charge in [0.15, 0.2) is 0 Å². The van der Waals surface area contributed by atoms with Crippen LogP contribution < -0.4 is 28.5 Å². The van der Waals surface area contributed by atoms with Crippen LogP contribution in [0.3, 0.4) is 0 Å². The molecule has 0 amide bonds. The van der Waals surface area contributed by atoms with Gasteiger partial charge in [-0.15, -0.1) is 0 Å². The number of nitrogens with zero attached hydrogens (tertiary/aromatic N) is 1. The second kappa shape index (κ2) is 20.3. The van der Waals surface area contributed by atoms with E-state index in [0.29, 0.717) is 0 Å². The first-order chi connectivity index (χ1) is 16.3. The fourth-order valence-electron chi connectivity index (χ4n) is 5.24. The Labute approximate surface area is 229 Å². The molecule has 0 aliphatic carbocycles. The van der Waals surface area contributed by atoms with Crippen molar-refractivity contribution in [3.63, 3.8) is 0 Å². The molecule has 0 aromatic heterocycles. The second-order valence-electron chi connectivity index (χ2n) is 10.0. The monoisotopic (exact) mass is 577 g/mol. The van der Waals surface area contributed by atoms with Gasteiger partial charge in [0.05, 0.1) is 13.1 Å². The van der Waals surface area contributed by atoms with Crippen LogP contribution in [-0.4, -0.2) is 13.1 Å². The van der Waals surface area contributed by atoms with E-state index in [1.807, 2.05) is 0 Å². The first kappa shape index (κ1) is 31.2. The highest BCUT2D eigenvalue weighted by Crippen LogP contribution is 2.36. The number of hydrogen-bond donors (Lipinski definition) is 0. The van der Waals surface area contributed by atoms with Crippen molar-refractivity contribution in [2.75, 3.05) is 13.1 Å². The van der Waals surface area contributed by atoms with Crippen molar-refractivity contribution in [3.8, 4) is 0 Å². The number of quaternary nitrogens is 1. The third-order valence-corrected chi connectivity index (χ3v) is 7.29. The number of para-hydroxylation sites is 2. The van der Waals surface area contributed by atoms with Crippen molar-refractivity contribution in [2.45, 2.75) is 117 Å². The molecule has 0 aliphatic rings. The van der Waals surface area contributed by atoms with Crippen LogP contribution in [0.25, 0.3) is 0 Å². The van der Waals surface area contributed by atoms with Gasteiger partial charge in [-0.1, -0.05) is 127 Å². The molecule has 0 atom stereocenters. The van der Waals surface area contributed by atoms with Crippen LogP contribution >= 0.6 is 0 Å². The molecule has 2 aromatic carbocycles. The maximum Gasteiger partial charge on any atom is 0.137 e. The molecular formula is C32H52IN. The summed E-state index contributed by atoms with van der Waals surface area (Å²) in [4.78, 5) is 0. The van der Waals surface area contributed by atoms with Gasteiger partial charge < -0.3 is 24.0 Å². The van der Waals surface area contributed by atoms with Gasteiger partial charge in [0.2, 0.25) is 0 Å². The highest BCUT2D eigenvalue weighted by molar-refractivity contribution is 5.58. The van der Waals surface area contributed by atoms with Crippen molar-refractivity contribution in [3.05, 3.63) is 60.7 Å².